The molecule has 0 aliphatic rings. The normalized spacial score (nSPS) is 11.4. The zero-order valence-electron chi connectivity index (χ0n) is 12.3. The SMILES string of the molecule is CC(=CCCOCCOCCOc1ccccc1)C(=O)O. The summed E-state index contributed by atoms with van der Waals surface area (Å²) in [7, 11) is 0. The molecule has 0 fully saturated rings. The molecule has 0 atom stereocenters. The summed E-state index contributed by atoms with van der Waals surface area (Å²) in [5, 5.41) is 8.65. The van der Waals surface area contributed by atoms with Crippen molar-refractivity contribution < 1.29 is 24.1 Å². The lowest BCUT2D eigenvalue weighted by Crippen LogP contribution is -2.11. The molecule has 0 saturated carbocycles. The molecule has 0 unspecified atom stereocenters. The zero-order valence-corrected chi connectivity index (χ0v) is 12.3. The lowest BCUT2D eigenvalue weighted by molar-refractivity contribution is -0.132. The molecule has 1 aromatic rings. The number of rotatable bonds is 11. The molecule has 0 aromatic heterocycles. The number of carboxylic acid groups (broad SMARTS) is 1. The monoisotopic (exact) mass is 294 g/mol. The third-order valence-electron chi connectivity index (χ3n) is 2.66. The van der Waals surface area contributed by atoms with Crippen LogP contribution >= 0.6 is 0 Å². The van der Waals surface area contributed by atoms with Crippen molar-refractivity contribution in [3.05, 3.63) is 42.0 Å². The summed E-state index contributed by atoms with van der Waals surface area (Å²) < 4.78 is 16.2. The highest BCUT2D eigenvalue weighted by Crippen LogP contribution is 2.07. The molecule has 0 aliphatic heterocycles. The summed E-state index contributed by atoms with van der Waals surface area (Å²) in [4.78, 5) is 10.5. The number of hydrogen-bond donors (Lipinski definition) is 1. The van der Waals surface area contributed by atoms with Crippen LogP contribution in [0.1, 0.15) is 13.3 Å². The number of aliphatic carboxylic acids is 1. The molecule has 5 heteroatoms. The molecule has 5 nitrogen and oxygen atoms in total. The van der Waals surface area contributed by atoms with Crippen LogP contribution in [0.2, 0.25) is 0 Å². The maximum atomic E-state index is 10.5. The van der Waals surface area contributed by atoms with Crippen molar-refractivity contribution in [2.45, 2.75) is 13.3 Å². The molecule has 116 valence electrons. The van der Waals surface area contributed by atoms with Crippen LogP contribution < -0.4 is 4.74 Å². The van der Waals surface area contributed by atoms with E-state index in [-0.39, 0.29) is 0 Å². The standard InChI is InChI=1S/C16H22O5/c1-14(16(17)18)6-5-9-19-10-11-20-12-13-21-15-7-3-2-4-8-15/h2-4,6-8H,5,9-13H2,1H3,(H,17,18). The van der Waals surface area contributed by atoms with Crippen molar-refractivity contribution in [2.24, 2.45) is 0 Å². The van der Waals surface area contributed by atoms with Gasteiger partial charge < -0.3 is 19.3 Å². The van der Waals surface area contributed by atoms with E-state index < -0.39 is 5.97 Å². The molecule has 1 rings (SSSR count). The van der Waals surface area contributed by atoms with Crippen LogP contribution in [0.4, 0.5) is 0 Å². The van der Waals surface area contributed by atoms with Crippen LogP contribution in [-0.4, -0.2) is 44.1 Å². The van der Waals surface area contributed by atoms with Gasteiger partial charge in [0.05, 0.1) is 26.4 Å². The number of carboxylic acids is 1. The Morgan fingerprint density at radius 3 is 2.33 bits per heavy atom. The minimum Gasteiger partial charge on any atom is -0.491 e. The summed E-state index contributed by atoms with van der Waals surface area (Å²) >= 11 is 0. The first-order chi connectivity index (χ1) is 10.2. The van der Waals surface area contributed by atoms with Crippen molar-refractivity contribution in [3.8, 4) is 5.75 Å². The zero-order chi connectivity index (χ0) is 15.3. The van der Waals surface area contributed by atoms with Crippen molar-refractivity contribution in [3.63, 3.8) is 0 Å². The van der Waals surface area contributed by atoms with Gasteiger partial charge in [-0.25, -0.2) is 4.79 Å². The van der Waals surface area contributed by atoms with Gasteiger partial charge in [0.2, 0.25) is 0 Å². The summed E-state index contributed by atoms with van der Waals surface area (Å²) in [6.45, 7) is 4.07. The lowest BCUT2D eigenvalue weighted by Gasteiger charge is -2.07. The second-order valence-electron chi connectivity index (χ2n) is 4.37. The van der Waals surface area contributed by atoms with Gasteiger partial charge in [0, 0.05) is 5.57 Å². The molecule has 0 saturated heterocycles. The topological polar surface area (TPSA) is 65.0 Å². The molecule has 0 radical (unpaired) electrons. The Bertz CT molecular complexity index is 428. The minimum atomic E-state index is -0.892. The van der Waals surface area contributed by atoms with E-state index >= 15 is 0 Å². The summed E-state index contributed by atoms with van der Waals surface area (Å²) in [5.41, 5.74) is 0.341. The van der Waals surface area contributed by atoms with Gasteiger partial charge in [-0.3, -0.25) is 0 Å². The average molecular weight is 294 g/mol. The Morgan fingerprint density at radius 1 is 1.05 bits per heavy atom. The highest BCUT2D eigenvalue weighted by Gasteiger charge is 1.98. The number of hydrogen-bond acceptors (Lipinski definition) is 4. The molecule has 0 spiro atoms. The van der Waals surface area contributed by atoms with Crippen molar-refractivity contribution in [2.75, 3.05) is 33.0 Å². The van der Waals surface area contributed by atoms with E-state index in [0.29, 0.717) is 45.0 Å². The van der Waals surface area contributed by atoms with Crippen LogP contribution in [-0.2, 0) is 14.3 Å². The second kappa shape index (κ2) is 10.9. The van der Waals surface area contributed by atoms with E-state index in [2.05, 4.69) is 0 Å². The first-order valence-electron chi connectivity index (χ1n) is 6.93. The van der Waals surface area contributed by atoms with Crippen LogP contribution in [0.5, 0.6) is 5.75 Å². The van der Waals surface area contributed by atoms with Gasteiger partial charge in [-0.05, 0) is 25.5 Å². The Morgan fingerprint density at radius 2 is 1.67 bits per heavy atom. The molecule has 0 heterocycles. The highest BCUT2D eigenvalue weighted by molar-refractivity contribution is 5.85. The molecule has 0 aliphatic carbocycles. The smallest absolute Gasteiger partial charge is 0.330 e. The van der Waals surface area contributed by atoms with Gasteiger partial charge in [-0.2, -0.15) is 0 Å². The molecular weight excluding hydrogens is 272 g/mol. The van der Waals surface area contributed by atoms with E-state index in [1.54, 1.807) is 13.0 Å². The minimum absolute atomic E-state index is 0.341. The third-order valence-corrected chi connectivity index (χ3v) is 2.66. The molecule has 0 bridgehead atoms. The van der Waals surface area contributed by atoms with E-state index in [1.165, 1.54) is 0 Å². The maximum absolute atomic E-state index is 10.5. The summed E-state index contributed by atoms with van der Waals surface area (Å²) in [5.74, 6) is -0.0605. The predicted octanol–water partition coefficient (Wildman–Crippen LogP) is 2.52. The van der Waals surface area contributed by atoms with Gasteiger partial charge in [0.25, 0.3) is 0 Å². The number of carbonyl (C=O) groups is 1. The lowest BCUT2D eigenvalue weighted by atomic mass is 10.2. The Balaban J connectivity index is 1.89. The van der Waals surface area contributed by atoms with Gasteiger partial charge >= 0.3 is 5.97 Å². The van der Waals surface area contributed by atoms with E-state index in [9.17, 15) is 4.79 Å². The average Bonchev–Trinajstić information content (AvgIpc) is 2.49. The first kappa shape index (κ1) is 17.2. The van der Waals surface area contributed by atoms with E-state index in [1.807, 2.05) is 30.3 Å². The van der Waals surface area contributed by atoms with Gasteiger partial charge in [-0.1, -0.05) is 24.3 Å². The van der Waals surface area contributed by atoms with Crippen LogP contribution in [0.15, 0.2) is 42.0 Å². The number of para-hydroxylation sites is 1. The molecule has 0 amide bonds. The first-order valence-corrected chi connectivity index (χ1v) is 6.93. The Labute approximate surface area is 125 Å². The van der Waals surface area contributed by atoms with Gasteiger partial charge in [0.15, 0.2) is 0 Å². The van der Waals surface area contributed by atoms with Crippen molar-refractivity contribution in [1.82, 2.24) is 0 Å². The predicted molar refractivity (Wildman–Crippen MR) is 79.6 cm³/mol. The molecule has 1 N–H and O–H groups in total. The highest BCUT2D eigenvalue weighted by atomic mass is 16.5. The number of ether oxygens (including phenoxy) is 3. The Hall–Kier alpha value is -1.85. The fraction of sp³-hybridized carbons (Fsp3) is 0.438. The molecule has 1 aromatic carbocycles. The summed E-state index contributed by atoms with van der Waals surface area (Å²) in [6.07, 6.45) is 2.24. The Kier molecular flexibility index (Phi) is 8.91. The summed E-state index contributed by atoms with van der Waals surface area (Å²) in [6, 6.07) is 9.58. The van der Waals surface area contributed by atoms with E-state index in [0.717, 1.165) is 5.75 Å². The van der Waals surface area contributed by atoms with E-state index in [4.69, 9.17) is 19.3 Å². The second-order valence-corrected chi connectivity index (χ2v) is 4.37. The molecule has 21 heavy (non-hydrogen) atoms. The largest absolute Gasteiger partial charge is 0.491 e. The maximum Gasteiger partial charge on any atom is 0.330 e. The van der Waals surface area contributed by atoms with Crippen molar-refractivity contribution in [1.29, 1.82) is 0 Å². The fourth-order valence-electron chi connectivity index (χ4n) is 1.50. The van der Waals surface area contributed by atoms with Crippen LogP contribution in [0, 0.1) is 0 Å². The van der Waals surface area contributed by atoms with Crippen molar-refractivity contribution >= 4 is 5.97 Å². The van der Waals surface area contributed by atoms with Crippen LogP contribution in [0.25, 0.3) is 0 Å². The van der Waals surface area contributed by atoms with Gasteiger partial charge in [-0.15, -0.1) is 0 Å². The third kappa shape index (κ3) is 8.83. The quantitative estimate of drug-likeness (QED) is 0.502. The number of benzene rings is 1. The van der Waals surface area contributed by atoms with Crippen LogP contribution in [0.3, 0.4) is 0 Å². The fourth-order valence-corrected chi connectivity index (χ4v) is 1.50. The van der Waals surface area contributed by atoms with Gasteiger partial charge in [0.1, 0.15) is 12.4 Å². The molecular formula is C16H22O5.